The first-order valence-electron chi connectivity index (χ1n) is 7.15. The Bertz CT molecular complexity index is 521. The minimum absolute atomic E-state index is 0.0166. The Morgan fingerprint density at radius 2 is 2.30 bits per heavy atom. The first-order valence-corrected chi connectivity index (χ1v) is 7.15. The number of hydrogen-bond donors (Lipinski definition) is 1. The molecule has 6 heteroatoms. The Kier molecular flexibility index (Phi) is 4.42. The summed E-state index contributed by atoms with van der Waals surface area (Å²) in [5, 5.41) is 16.7. The van der Waals surface area contributed by atoms with E-state index in [1.165, 1.54) is 0 Å². The van der Waals surface area contributed by atoms with Gasteiger partial charge in [-0.25, -0.2) is 0 Å². The molecule has 1 N–H and O–H groups in total. The van der Waals surface area contributed by atoms with Crippen LogP contribution in [-0.4, -0.2) is 44.6 Å². The molecule has 1 aliphatic heterocycles. The molecule has 1 unspecified atom stereocenters. The molecule has 2 rings (SSSR count). The number of hydrogen-bond acceptors (Lipinski definition) is 4. The van der Waals surface area contributed by atoms with Gasteiger partial charge in [-0.1, -0.05) is 12.1 Å². The second-order valence-corrected chi connectivity index (χ2v) is 5.18. The van der Waals surface area contributed by atoms with E-state index in [1.54, 1.807) is 4.68 Å². The number of carbonyl (C=O) groups is 1. The largest absolute Gasteiger partial charge is 0.411 e. The molecule has 0 radical (unpaired) electrons. The Balaban J connectivity index is 2.17. The van der Waals surface area contributed by atoms with Gasteiger partial charge in [0.15, 0.2) is 0 Å². The van der Waals surface area contributed by atoms with Crippen LogP contribution in [0.4, 0.5) is 0 Å². The normalized spacial score (nSPS) is 21.4. The molecule has 0 aromatic carbocycles. The highest BCUT2D eigenvalue weighted by molar-refractivity contribution is 5.95. The molecule has 1 aliphatic rings. The number of amides is 1. The van der Waals surface area contributed by atoms with E-state index in [1.807, 2.05) is 31.7 Å². The minimum Gasteiger partial charge on any atom is -0.411 e. The summed E-state index contributed by atoms with van der Waals surface area (Å²) >= 11 is 0. The van der Waals surface area contributed by atoms with Gasteiger partial charge in [0.05, 0.1) is 11.4 Å². The molecule has 1 atom stereocenters. The lowest BCUT2D eigenvalue weighted by molar-refractivity contribution is 0.0716. The third kappa shape index (κ3) is 2.69. The van der Waals surface area contributed by atoms with Crippen LogP contribution in [0.1, 0.15) is 42.9 Å². The van der Waals surface area contributed by atoms with Crippen LogP contribution in [0.15, 0.2) is 11.2 Å². The number of likely N-dealkylation sites (tertiary alicyclic amines) is 1. The van der Waals surface area contributed by atoms with E-state index in [4.69, 9.17) is 5.21 Å². The summed E-state index contributed by atoms with van der Waals surface area (Å²) in [6.07, 6.45) is 1.51. The summed E-state index contributed by atoms with van der Waals surface area (Å²) in [7, 11) is 0. The van der Waals surface area contributed by atoms with Gasteiger partial charge in [-0.05, 0) is 26.3 Å². The molecule has 0 saturated carbocycles. The topological polar surface area (TPSA) is 70.7 Å². The first kappa shape index (κ1) is 14.6. The zero-order valence-electron chi connectivity index (χ0n) is 12.3. The number of rotatable bonds is 3. The maximum atomic E-state index is 12.6. The lowest BCUT2D eigenvalue weighted by Gasteiger charge is -2.32. The molecule has 1 saturated heterocycles. The number of oxime groups is 1. The van der Waals surface area contributed by atoms with Crippen LogP contribution < -0.4 is 0 Å². The molecule has 1 aromatic rings. The number of nitrogens with zero attached hydrogens (tertiary/aromatic N) is 4. The molecular formula is C14H22N4O2. The maximum Gasteiger partial charge on any atom is 0.272 e. The Morgan fingerprint density at radius 1 is 1.55 bits per heavy atom. The van der Waals surface area contributed by atoms with Crippen molar-refractivity contribution in [1.82, 2.24) is 14.7 Å². The Labute approximate surface area is 119 Å². The number of piperidine rings is 1. The predicted molar refractivity (Wildman–Crippen MR) is 76.2 cm³/mol. The van der Waals surface area contributed by atoms with Crippen molar-refractivity contribution in [2.24, 2.45) is 11.1 Å². The fourth-order valence-electron chi connectivity index (χ4n) is 2.72. The Morgan fingerprint density at radius 3 is 2.90 bits per heavy atom. The molecule has 20 heavy (non-hydrogen) atoms. The fraction of sp³-hybridized carbons (Fsp3) is 0.643. The second-order valence-electron chi connectivity index (χ2n) is 5.18. The van der Waals surface area contributed by atoms with Crippen LogP contribution in [0.2, 0.25) is 0 Å². The van der Waals surface area contributed by atoms with Crippen molar-refractivity contribution in [3.05, 3.63) is 17.5 Å². The van der Waals surface area contributed by atoms with E-state index in [0.717, 1.165) is 17.8 Å². The molecular weight excluding hydrogens is 256 g/mol. The van der Waals surface area contributed by atoms with Crippen molar-refractivity contribution in [1.29, 1.82) is 0 Å². The van der Waals surface area contributed by atoms with Gasteiger partial charge in [0.2, 0.25) is 0 Å². The van der Waals surface area contributed by atoms with Gasteiger partial charge in [-0.2, -0.15) is 5.10 Å². The molecule has 0 bridgehead atoms. The van der Waals surface area contributed by atoms with Gasteiger partial charge in [0.25, 0.3) is 5.91 Å². The van der Waals surface area contributed by atoms with Gasteiger partial charge in [0, 0.05) is 32.0 Å². The summed E-state index contributed by atoms with van der Waals surface area (Å²) in [4.78, 5) is 14.5. The summed E-state index contributed by atoms with van der Waals surface area (Å²) in [6, 6.07) is 1.84. The molecule has 6 nitrogen and oxygen atoms in total. The summed E-state index contributed by atoms with van der Waals surface area (Å²) in [5.74, 6) is 0.166. The highest BCUT2D eigenvalue weighted by Gasteiger charge is 2.29. The van der Waals surface area contributed by atoms with E-state index in [2.05, 4.69) is 10.3 Å². The van der Waals surface area contributed by atoms with E-state index < -0.39 is 0 Å². The molecule has 1 fully saturated rings. The molecule has 1 amide bonds. The molecule has 110 valence electrons. The average Bonchev–Trinajstić information content (AvgIpc) is 2.86. The van der Waals surface area contributed by atoms with E-state index >= 15 is 0 Å². The van der Waals surface area contributed by atoms with Crippen molar-refractivity contribution in [3.8, 4) is 0 Å². The highest BCUT2D eigenvalue weighted by atomic mass is 16.4. The van der Waals surface area contributed by atoms with E-state index in [9.17, 15) is 4.79 Å². The van der Waals surface area contributed by atoms with Crippen molar-refractivity contribution in [2.45, 2.75) is 40.2 Å². The van der Waals surface area contributed by atoms with E-state index in [0.29, 0.717) is 31.7 Å². The SMILES string of the molecule is CCC1CN(C(=O)c2cc(C)nn2CC)CCC1=NO. The highest BCUT2D eigenvalue weighted by Crippen LogP contribution is 2.19. The summed E-state index contributed by atoms with van der Waals surface area (Å²) in [6.45, 7) is 7.81. The predicted octanol–water partition coefficient (Wildman–Crippen LogP) is 1.91. The standard InChI is InChI=1S/C14H22N4O2/c1-4-11-9-17(7-6-12(11)16-20)14(19)13-8-10(3)15-18(13)5-2/h8,11,20H,4-7,9H2,1-3H3. The average molecular weight is 278 g/mol. The molecule has 2 heterocycles. The quantitative estimate of drug-likeness (QED) is 0.678. The smallest absolute Gasteiger partial charge is 0.272 e. The third-order valence-corrected chi connectivity index (χ3v) is 3.88. The van der Waals surface area contributed by atoms with Gasteiger partial charge in [-0.3, -0.25) is 9.48 Å². The van der Waals surface area contributed by atoms with Crippen molar-refractivity contribution in [3.63, 3.8) is 0 Å². The lowest BCUT2D eigenvalue weighted by atomic mass is 9.93. The van der Waals surface area contributed by atoms with Crippen LogP contribution >= 0.6 is 0 Å². The summed E-state index contributed by atoms with van der Waals surface area (Å²) in [5.41, 5.74) is 2.30. The molecule has 1 aromatic heterocycles. The third-order valence-electron chi connectivity index (χ3n) is 3.88. The van der Waals surface area contributed by atoms with Crippen LogP contribution in [0.3, 0.4) is 0 Å². The van der Waals surface area contributed by atoms with Crippen LogP contribution in [-0.2, 0) is 6.54 Å². The van der Waals surface area contributed by atoms with Crippen molar-refractivity contribution < 1.29 is 10.0 Å². The number of carbonyl (C=O) groups excluding carboxylic acids is 1. The van der Waals surface area contributed by atoms with Crippen molar-refractivity contribution >= 4 is 11.6 Å². The monoisotopic (exact) mass is 278 g/mol. The minimum atomic E-state index is 0.0166. The summed E-state index contributed by atoms with van der Waals surface area (Å²) < 4.78 is 1.74. The van der Waals surface area contributed by atoms with Gasteiger partial charge < -0.3 is 10.1 Å². The van der Waals surface area contributed by atoms with Crippen LogP contribution in [0.25, 0.3) is 0 Å². The lowest BCUT2D eigenvalue weighted by Crippen LogP contribution is -2.44. The second kappa shape index (κ2) is 6.07. The number of aryl methyl sites for hydroxylation is 2. The van der Waals surface area contributed by atoms with Gasteiger partial charge >= 0.3 is 0 Å². The molecule has 0 spiro atoms. The van der Waals surface area contributed by atoms with Crippen LogP contribution in [0.5, 0.6) is 0 Å². The van der Waals surface area contributed by atoms with Gasteiger partial charge in [-0.15, -0.1) is 0 Å². The van der Waals surface area contributed by atoms with Crippen LogP contribution in [0, 0.1) is 12.8 Å². The number of aromatic nitrogens is 2. The van der Waals surface area contributed by atoms with Crippen molar-refractivity contribution in [2.75, 3.05) is 13.1 Å². The zero-order valence-corrected chi connectivity index (χ0v) is 12.3. The Hall–Kier alpha value is -1.85. The zero-order chi connectivity index (χ0) is 14.7. The first-order chi connectivity index (χ1) is 9.60. The van der Waals surface area contributed by atoms with Gasteiger partial charge in [0.1, 0.15) is 5.69 Å². The fourth-order valence-corrected chi connectivity index (χ4v) is 2.72. The van der Waals surface area contributed by atoms with E-state index in [-0.39, 0.29) is 11.8 Å². The molecule has 0 aliphatic carbocycles. The maximum absolute atomic E-state index is 12.6.